The summed E-state index contributed by atoms with van der Waals surface area (Å²) in [4.78, 5) is 0. The molecule has 0 bridgehead atoms. The third-order valence-corrected chi connectivity index (χ3v) is 5.36. The van der Waals surface area contributed by atoms with E-state index in [4.69, 9.17) is 0 Å². The van der Waals surface area contributed by atoms with Crippen LogP contribution in [0.4, 0.5) is 0 Å². The first-order valence-electron chi connectivity index (χ1n) is 7.21. The highest BCUT2D eigenvalue weighted by molar-refractivity contribution is 5.86. The number of hydrogen-bond acceptors (Lipinski definition) is 1. The van der Waals surface area contributed by atoms with Crippen molar-refractivity contribution in [2.75, 3.05) is 0 Å². The second kappa shape index (κ2) is 3.84. The molecule has 0 amide bonds. The van der Waals surface area contributed by atoms with Gasteiger partial charge < -0.3 is 0 Å². The zero-order chi connectivity index (χ0) is 12.9. The molecule has 0 aromatic heterocycles. The Morgan fingerprint density at radius 3 is 2.58 bits per heavy atom. The number of fused-ring (bicyclic) bond motifs is 1. The highest BCUT2D eigenvalue weighted by Gasteiger charge is 2.57. The van der Waals surface area contributed by atoms with Crippen LogP contribution in [0.5, 0.6) is 0 Å². The van der Waals surface area contributed by atoms with E-state index >= 15 is 0 Å². The average molecular weight is 247 g/mol. The molecular weight excluding hydrogens is 230 g/mol. The molecule has 2 saturated carbocycles. The van der Waals surface area contributed by atoms with Gasteiger partial charge in [-0.05, 0) is 41.0 Å². The molecule has 2 atom stereocenters. The Balaban J connectivity index is 1.87. The fraction of sp³-hybridized carbons (Fsp3) is 0.389. The maximum absolute atomic E-state index is 9.39. The Morgan fingerprint density at radius 1 is 1.05 bits per heavy atom. The number of rotatable bonds is 1. The molecular formula is C18H17N. The van der Waals surface area contributed by atoms with Crippen molar-refractivity contribution in [3.8, 4) is 6.07 Å². The first-order valence-corrected chi connectivity index (χ1v) is 7.21. The zero-order valence-electron chi connectivity index (χ0n) is 11.0. The van der Waals surface area contributed by atoms with Gasteiger partial charge in [-0.2, -0.15) is 5.26 Å². The molecule has 94 valence electrons. The number of nitriles is 1. The molecule has 2 aromatic rings. The van der Waals surface area contributed by atoms with Crippen molar-refractivity contribution in [3.05, 3.63) is 48.0 Å². The zero-order valence-corrected chi connectivity index (χ0v) is 11.0. The lowest BCUT2D eigenvalue weighted by Crippen LogP contribution is -2.50. The maximum Gasteiger partial charge on any atom is 0.0662 e. The molecule has 2 aromatic carbocycles. The molecule has 1 nitrogen and oxygen atoms in total. The van der Waals surface area contributed by atoms with Gasteiger partial charge >= 0.3 is 0 Å². The van der Waals surface area contributed by atoms with Crippen LogP contribution in [0.2, 0.25) is 0 Å². The summed E-state index contributed by atoms with van der Waals surface area (Å²) in [6.45, 7) is 0. The summed E-state index contributed by atoms with van der Waals surface area (Å²) >= 11 is 0. The molecule has 1 heteroatoms. The van der Waals surface area contributed by atoms with Gasteiger partial charge in [0.25, 0.3) is 0 Å². The summed E-state index contributed by atoms with van der Waals surface area (Å²) in [5.74, 6) is 0.698. The third kappa shape index (κ3) is 1.40. The topological polar surface area (TPSA) is 23.8 Å². The van der Waals surface area contributed by atoms with Crippen LogP contribution in [0.15, 0.2) is 42.5 Å². The molecule has 19 heavy (non-hydrogen) atoms. The quantitative estimate of drug-likeness (QED) is 0.720. The summed E-state index contributed by atoms with van der Waals surface area (Å²) < 4.78 is 0. The van der Waals surface area contributed by atoms with Gasteiger partial charge in [0.2, 0.25) is 0 Å². The molecule has 0 radical (unpaired) electrons. The minimum Gasteiger partial charge on any atom is -0.198 e. The molecule has 1 spiro atoms. The first-order chi connectivity index (χ1) is 9.34. The molecule has 2 fully saturated rings. The molecule has 2 aliphatic carbocycles. The van der Waals surface area contributed by atoms with Crippen LogP contribution in [0, 0.1) is 22.7 Å². The molecule has 0 saturated heterocycles. The minimum absolute atomic E-state index is 0.228. The van der Waals surface area contributed by atoms with Crippen molar-refractivity contribution < 1.29 is 0 Å². The summed E-state index contributed by atoms with van der Waals surface area (Å²) in [6, 6.07) is 17.7. The smallest absolute Gasteiger partial charge is 0.0662 e. The van der Waals surface area contributed by atoms with Gasteiger partial charge in [-0.15, -0.1) is 0 Å². The number of nitrogens with zero attached hydrogens (tertiary/aromatic N) is 1. The van der Waals surface area contributed by atoms with Crippen molar-refractivity contribution >= 4 is 10.8 Å². The maximum atomic E-state index is 9.39. The number of benzene rings is 2. The average Bonchev–Trinajstić information content (AvgIpc) is 2.37. The van der Waals surface area contributed by atoms with Gasteiger partial charge in [0.05, 0.1) is 12.0 Å². The summed E-state index contributed by atoms with van der Waals surface area (Å²) in [6.07, 6.45) is 5.11. The normalized spacial score (nSPS) is 27.5. The Hall–Kier alpha value is -1.81. The Labute approximate surface area is 113 Å². The first kappa shape index (κ1) is 11.1. The van der Waals surface area contributed by atoms with Gasteiger partial charge in [0.15, 0.2) is 0 Å². The van der Waals surface area contributed by atoms with Crippen LogP contribution >= 0.6 is 0 Å². The van der Waals surface area contributed by atoms with Crippen LogP contribution in [-0.2, 0) is 0 Å². The van der Waals surface area contributed by atoms with E-state index in [1.54, 1.807) is 0 Å². The van der Waals surface area contributed by atoms with Gasteiger partial charge in [0, 0.05) is 5.92 Å². The van der Waals surface area contributed by atoms with Gasteiger partial charge in [-0.25, -0.2) is 0 Å². The van der Waals surface area contributed by atoms with Crippen molar-refractivity contribution in [3.63, 3.8) is 0 Å². The van der Waals surface area contributed by atoms with Crippen LogP contribution in [0.1, 0.15) is 37.2 Å². The van der Waals surface area contributed by atoms with Crippen LogP contribution in [0.3, 0.4) is 0 Å². The second-order valence-electron chi connectivity index (χ2n) is 6.20. The molecule has 0 N–H and O–H groups in total. The fourth-order valence-electron chi connectivity index (χ4n) is 4.28. The van der Waals surface area contributed by atoms with Gasteiger partial charge in [0.1, 0.15) is 0 Å². The summed E-state index contributed by atoms with van der Waals surface area (Å²) in [5.41, 5.74) is 1.88. The van der Waals surface area contributed by atoms with E-state index in [-0.39, 0.29) is 5.92 Å². The predicted molar refractivity (Wildman–Crippen MR) is 76.7 cm³/mol. The highest BCUT2D eigenvalue weighted by Crippen LogP contribution is 2.67. The van der Waals surface area contributed by atoms with Gasteiger partial charge in [-0.1, -0.05) is 48.9 Å². The molecule has 2 aliphatic rings. The van der Waals surface area contributed by atoms with Crippen molar-refractivity contribution in [1.82, 2.24) is 0 Å². The number of hydrogen-bond donors (Lipinski definition) is 0. The second-order valence-corrected chi connectivity index (χ2v) is 6.20. The Morgan fingerprint density at radius 2 is 1.84 bits per heavy atom. The molecule has 4 rings (SSSR count). The largest absolute Gasteiger partial charge is 0.198 e. The molecule has 2 unspecified atom stereocenters. The van der Waals surface area contributed by atoms with Gasteiger partial charge in [-0.3, -0.25) is 0 Å². The lowest BCUT2D eigenvalue weighted by Gasteiger charge is -2.59. The fourth-order valence-corrected chi connectivity index (χ4v) is 4.28. The van der Waals surface area contributed by atoms with E-state index in [1.807, 2.05) is 0 Å². The van der Waals surface area contributed by atoms with E-state index in [9.17, 15) is 5.26 Å². The van der Waals surface area contributed by atoms with E-state index in [0.717, 1.165) is 6.42 Å². The van der Waals surface area contributed by atoms with Crippen molar-refractivity contribution in [2.24, 2.45) is 11.3 Å². The molecule has 0 heterocycles. The lowest BCUT2D eigenvalue weighted by molar-refractivity contribution is -0.0346. The van der Waals surface area contributed by atoms with Crippen LogP contribution in [0.25, 0.3) is 10.8 Å². The Bertz CT molecular complexity index is 670. The standard InChI is InChI=1S/C18H17N/c19-12-14-11-18(9-4-10-18)17(14)16-8-3-6-13-5-1-2-7-15(13)16/h1-3,5-8,14,17H,4,9-11H2. The van der Waals surface area contributed by atoms with E-state index in [1.165, 1.54) is 35.6 Å². The van der Waals surface area contributed by atoms with E-state index in [0.29, 0.717) is 11.3 Å². The summed E-state index contributed by atoms with van der Waals surface area (Å²) in [5, 5.41) is 12.0. The van der Waals surface area contributed by atoms with Crippen LogP contribution < -0.4 is 0 Å². The highest BCUT2D eigenvalue weighted by atomic mass is 14.6. The monoisotopic (exact) mass is 247 g/mol. The third-order valence-electron chi connectivity index (χ3n) is 5.36. The summed E-state index contributed by atoms with van der Waals surface area (Å²) in [7, 11) is 0. The lowest BCUT2D eigenvalue weighted by atomic mass is 9.44. The van der Waals surface area contributed by atoms with Crippen molar-refractivity contribution in [1.29, 1.82) is 5.26 Å². The predicted octanol–water partition coefficient (Wildman–Crippen LogP) is 4.64. The Kier molecular flexibility index (Phi) is 2.23. The SMILES string of the molecule is N#CC1CC2(CCC2)C1c1cccc2ccccc12. The van der Waals surface area contributed by atoms with E-state index in [2.05, 4.69) is 48.5 Å². The van der Waals surface area contributed by atoms with E-state index < -0.39 is 0 Å². The minimum atomic E-state index is 0.228. The molecule has 0 aliphatic heterocycles. The van der Waals surface area contributed by atoms with Crippen LogP contribution in [-0.4, -0.2) is 0 Å². The van der Waals surface area contributed by atoms with Crippen molar-refractivity contribution in [2.45, 2.75) is 31.6 Å².